The van der Waals surface area contributed by atoms with Crippen LogP contribution < -0.4 is 5.32 Å². The molecule has 0 aromatic carbocycles. The lowest BCUT2D eigenvalue weighted by Gasteiger charge is -2.31. The van der Waals surface area contributed by atoms with Crippen molar-refractivity contribution in [2.75, 3.05) is 33.4 Å². The minimum absolute atomic E-state index is 0.0290. The summed E-state index contributed by atoms with van der Waals surface area (Å²) in [5.41, 5.74) is 0. The average molecular weight is 284 g/mol. The van der Waals surface area contributed by atoms with Gasteiger partial charge in [-0.15, -0.1) is 0 Å². The third-order valence-corrected chi connectivity index (χ3v) is 3.97. The van der Waals surface area contributed by atoms with Crippen molar-refractivity contribution >= 4 is 11.8 Å². The van der Waals surface area contributed by atoms with E-state index < -0.39 is 6.10 Å². The van der Waals surface area contributed by atoms with Crippen LogP contribution in [0, 0.1) is 11.8 Å². The van der Waals surface area contributed by atoms with Crippen LogP contribution in [0.1, 0.15) is 25.7 Å². The lowest BCUT2D eigenvalue weighted by atomic mass is 9.95. The Morgan fingerprint density at radius 3 is 2.45 bits per heavy atom. The van der Waals surface area contributed by atoms with E-state index in [1.165, 1.54) is 7.11 Å². The van der Waals surface area contributed by atoms with Gasteiger partial charge in [0, 0.05) is 38.6 Å². The molecule has 2 fully saturated rings. The second kappa shape index (κ2) is 7.04. The third-order valence-electron chi connectivity index (χ3n) is 3.97. The van der Waals surface area contributed by atoms with Gasteiger partial charge < -0.3 is 20.1 Å². The SMILES string of the molecule is COCC(O)CNC(=O)C1CCN(C(=O)C2CC2)CC1. The topological polar surface area (TPSA) is 78.9 Å². The zero-order valence-corrected chi connectivity index (χ0v) is 12.0. The molecular formula is C14H24N2O4. The quantitative estimate of drug-likeness (QED) is 0.705. The highest BCUT2D eigenvalue weighted by atomic mass is 16.5. The van der Waals surface area contributed by atoms with Crippen molar-refractivity contribution in [3.05, 3.63) is 0 Å². The number of aliphatic hydroxyl groups is 1. The van der Waals surface area contributed by atoms with Crippen LogP contribution in [-0.2, 0) is 14.3 Å². The van der Waals surface area contributed by atoms with E-state index in [9.17, 15) is 14.7 Å². The van der Waals surface area contributed by atoms with E-state index in [-0.39, 0.29) is 36.8 Å². The molecule has 1 atom stereocenters. The molecule has 1 unspecified atom stereocenters. The van der Waals surface area contributed by atoms with Crippen molar-refractivity contribution in [1.82, 2.24) is 10.2 Å². The number of carbonyl (C=O) groups is 2. The number of aliphatic hydroxyl groups excluding tert-OH is 1. The Morgan fingerprint density at radius 2 is 1.90 bits per heavy atom. The molecule has 6 heteroatoms. The van der Waals surface area contributed by atoms with Crippen LogP contribution in [0.25, 0.3) is 0 Å². The molecule has 0 bridgehead atoms. The summed E-state index contributed by atoms with van der Waals surface area (Å²) in [5.74, 6) is 0.440. The molecule has 2 rings (SSSR count). The summed E-state index contributed by atoms with van der Waals surface area (Å²) in [7, 11) is 1.51. The van der Waals surface area contributed by atoms with Gasteiger partial charge in [0.25, 0.3) is 0 Å². The number of rotatable bonds is 6. The summed E-state index contributed by atoms with van der Waals surface area (Å²) < 4.78 is 4.80. The molecule has 6 nitrogen and oxygen atoms in total. The number of methoxy groups -OCH3 is 1. The molecule has 0 aromatic heterocycles. The van der Waals surface area contributed by atoms with Gasteiger partial charge in [-0.3, -0.25) is 9.59 Å². The highest BCUT2D eigenvalue weighted by Crippen LogP contribution is 2.32. The third kappa shape index (κ3) is 4.18. The van der Waals surface area contributed by atoms with Crippen LogP contribution in [-0.4, -0.2) is 61.3 Å². The van der Waals surface area contributed by atoms with Crippen molar-refractivity contribution in [2.45, 2.75) is 31.8 Å². The molecule has 2 N–H and O–H groups in total. The second-order valence-corrected chi connectivity index (χ2v) is 5.73. The number of hydrogen-bond acceptors (Lipinski definition) is 4. The lowest BCUT2D eigenvalue weighted by molar-refractivity contribution is -0.136. The normalized spacial score (nSPS) is 21.6. The number of ether oxygens (including phenoxy) is 1. The Hall–Kier alpha value is -1.14. The molecule has 0 radical (unpaired) electrons. The lowest BCUT2D eigenvalue weighted by Crippen LogP contribution is -2.45. The van der Waals surface area contributed by atoms with Crippen molar-refractivity contribution < 1.29 is 19.4 Å². The van der Waals surface area contributed by atoms with Gasteiger partial charge in [0.1, 0.15) is 0 Å². The fraction of sp³-hybridized carbons (Fsp3) is 0.857. The van der Waals surface area contributed by atoms with Crippen molar-refractivity contribution in [3.8, 4) is 0 Å². The molecule has 1 saturated carbocycles. The summed E-state index contributed by atoms with van der Waals surface area (Å²) >= 11 is 0. The minimum atomic E-state index is -0.666. The van der Waals surface area contributed by atoms with Crippen molar-refractivity contribution in [3.63, 3.8) is 0 Å². The molecule has 0 spiro atoms. The summed E-state index contributed by atoms with van der Waals surface area (Å²) in [6.45, 7) is 1.78. The van der Waals surface area contributed by atoms with Crippen LogP contribution in [0.2, 0.25) is 0 Å². The first-order valence-corrected chi connectivity index (χ1v) is 7.35. The predicted octanol–water partition coefficient (Wildman–Crippen LogP) is -0.241. The van der Waals surface area contributed by atoms with E-state index in [2.05, 4.69) is 5.32 Å². The number of piperidine rings is 1. The van der Waals surface area contributed by atoms with E-state index >= 15 is 0 Å². The maximum Gasteiger partial charge on any atom is 0.225 e. The number of amides is 2. The van der Waals surface area contributed by atoms with E-state index in [4.69, 9.17) is 4.74 Å². The van der Waals surface area contributed by atoms with Gasteiger partial charge in [0.2, 0.25) is 11.8 Å². The molecule has 1 heterocycles. The number of carbonyl (C=O) groups excluding carboxylic acids is 2. The Balaban J connectivity index is 1.67. The summed E-state index contributed by atoms with van der Waals surface area (Å²) in [6, 6.07) is 0. The van der Waals surface area contributed by atoms with E-state index in [0.29, 0.717) is 25.9 Å². The fourth-order valence-electron chi connectivity index (χ4n) is 2.56. The monoisotopic (exact) mass is 284 g/mol. The first-order valence-electron chi connectivity index (χ1n) is 7.35. The molecule has 114 valence electrons. The molecule has 2 amide bonds. The summed E-state index contributed by atoms with van der Waals surface area (Å²) in [4.78, 5) is 25.8. The molecule has 2 aliphatic rings. The van der Waals surface area contributed by atoms with Gasteiger partial charge in [-0.2, -0.15) is 0 Å². The van der Waals surface area contributed by atoms with Crippen LogP contribution in [0.4, 0.5) is 0 Å². The Kier molecular flexibility index (Phi) is 5.37. The fourth-order valence-corrected chi connectivity index (χ4v) is 2.56. The average Bonchev–Trinajstić information content (AvgIpc) is 3.29. The summed E-state index contributed by atoms with van der Waals surface area (Å²) in [5, 5.41) is 12.2. The van der Waals surface area contributed by atoms with Gasteiger partial charge in [-0.25, -0.2) is 0 Å². The molecule has 0 aromatic rings. The number of hydrogen-bond donors (Lipinski definition) is 2. The minimum Gasteiger partial charge on any atom is -0.389 e. The predicted molar refractivity (Wildman–Crippen MR) is 72.9 cm³/mol. The van der Waals surface area contributed by atoms with Gasteiger partial charge in [-0.1, -0.05) is 0 Å². The van der Waals surface area contributed by atoms with E-state index in [1.807, 2.05) is 4.90 Å². The number of likely N-dealkylation sites (tertiary alicyclic amines) is 1. The molecule has 20 heavy (non-hydrogen) atoms. The Labute approximate surface area is 119 Å². The highest BCUT2D eigenvalue weighted by molar-refractivity contribution is 5.82. The standard InChI is InChI=1S/C14H24N2O4/c1-20-9-12(17)8-15-13(18)10-4-6-16(7-5-10)14(19)11-2-3-11/h10-12,17H,2-9H2,1H3,(H,15,18). The van der Waals surface area contributed by atoms with Gasteiger partial charge in [0.15, 0.2) is 0 Å². The van der Waals surface area contributed by atoms with E-state index in [0.717, 1.165) is 12.8 Å². The largest absolute Gasteiger partial charge is 0.389 e. The smallest absolute Gasteiger partial charge is 0.225 e. The van der Waals surface area contributed by atoms with Crippen molar-refractivity contribution in [1.29, 1.82) is 0 Å². The van der Waals surface area contributed by atoms with Crippen LogP contribution in [0.15, 0.2) is 0 Å². The first-order chi connectivity index (χ1) is 9.61. The van der Waals surface area contributed by atoms with Gasteiger partial charge >= 0.3 is 0 Å². The highest BCUT2D eigenvalue weighted by Gasteiger charge is 2.35. The molecule has 1 aliphatic heterocycles. The Bertz CT molecular complexity index is 349. The molecule has 1 saturated heterocycles. The first kappa shape index (κ1) is 15.3. The van der Waals surface area contributed by atoms with E-state index in [1.54, 1.807) is 0 Å². The van der Waals surface area contributed by atoms with Gasteiger partial charge in [-0.05, 0) is 25.7 Å². The zero-order valence-electron chi connectivity index (χ0n) is 12.0. The maximum atomic E-state index is 12.0. The second-order valence-electron chi connectivity index (χ2n) is 5.73. The van der Waals surface area contributed by atoms with Crippen molar-refractivity contribution in [2.24, 2.45) is 11.8 Å². The van der Waals surface area contributed by atoms with Crippen LogP contribution in [0.3, 0.4) is 0 Å². The Morgan fingerprint density at radius 1 is 1.25 bits per heavy atom. The van der Waals surface area contributed by atoms with Crippen LogP contribution >= 0.6 is 0 Å². The molecular weight excluding hydrogens is 260 g/mol. The summed E-state index contributed by atoms with van der Waals surface area (Å²) in [6.07, 6.45) is 2.81. The number of nitrogens with one attached hydrogen (secondary N) is 1. The maximum absolute atomic E-state index is 12.0. The zero-order chi connectivity index (χ0) is 14.5. The van der Waals surface area contributed by atoms with Crippen LogP contribution in [0.5, 0.6) is 0 Å². The number of nitrogens with zero attached hydrogens (tertiary/aromatic N) is 1. The van der Waals surface area contributed by atoms with Gasteiger partial charge in [0.05, 0.1) is 12.7 Å². The molecule has 1 aliphatic carbocycles.